The lowest BCUT2D eigenvalue weighted by Crippen LogP contribution is -2.30. The topological polar surface area (TPSA) is 78.9 Å². The molecule has 0 rings (SSSR count). The van der Waals surface area contributed by atoms with Crippen LogP contribution in [0.15, 0.2) is 109 Å². The molecule has 0 aromatic heterocycles. The third-order valence-electron chi connectivity index (χ3n) is 12.8. The van der Waals surface area contributed by atoms with Crippen LogP contribution in [0.2, 0.25) is 0 Å². The maximum absolute atomic E-state index is 12.9. The Labute approximate surface area is 450 Å². The van der Waals surface area contributed by atoms with Gasteiger partial charge in [-0.3, -0.25) is 14.4 Å². The Morgan fingerprint density at radius 1 is 0.288 bits per heavy atom. The van der Waals surface area contributed by atoms with Crippen LogP contribution in [-0.4, -0.2) is 37.2 Å². The summed E-state index contributed by atoms with van der Waals surface area (Å²) in [6.45, 7) is 6.47. The highest BCUT2D eigenvalue weighted by molar-refractivity contribution is 5.71. The van der Waals surface area contributed by atoms with E-state index in [1.54, 1.807) is 0 Å². The van der Waals surface area contributed by atoms with Gasteiger partial charge in [-0.1, -0.05) is 259 Å². The van der Waals surface area contributed by atoms with Crippen molar-refractivity contribution in [2.24, 2.45) is 0 Å². The number of carbonyl (C=O) groups excluding carboxylic acids is 3. The predicted octanol–water partition coefficient (Wildman–Crippen LogP) is 20.7. The normalized spacial score (nSPS) is 12.9. The largest absolute Gasteiger partial charge is 0.462 e. The summed E-state index contributed by atoms with van der Waals surface area (Å²) in [7, 11) is 0. The molecule has 0 radical (unpaired) electrons. The van der Waals surface area contributed by atoms with E-state index in [0.717, 1.165) is 116 Å². The Bertz CT molecular complexity index is 1490. The van der Waals surface area contributed by atoms with Crippen LogP contribution in [-0.2, 0) is 28.6 Å². The van der Waals surface area contributed by atoms with E-state index in [0.29, 0.717) is 19.3 Å². The summed E-state index contributed by atoms with van der Waals surface area (Å²) < 4.78 is 16.8. The van der Waals surface area contributed by atoms with E-state index in [9.17, 15) is 14.4 Å². The SMILES string of the molecule is CC/C=C\C/C=C\C/C=C\C/C=C\C/C=C\C/C=C\C/C=C\CCCCCC(=O)OCC(COC(=O)CCCCCCCCCCC)OC(=O)CCCCCCCCCCC/C=C\C/C=C\CCCCCCC. The molecule has 6 heteroatoms. The van der Waals surface area contributed by atoms with Gasteiger partial charge >= 0.3 is 17.9 Å². The second-order valence-electron chi connectivity index (χ2n) is 19.9. The minimum atomic E-state index is -0.794. The first kappa shape index (κ1) is 69.1. The molecule has 0 spiro atoms. The zero-order valence-electron chi connectivity index (χ0n) is 47.6. The van der Waals surface area contributed by atoms with Crippen molar-refractivity contribution in [2.75, 3.05) is 13.2 Å². The second-order valence-corrected chi connectivity index (χ2v) is 19.9. The maximum Gasteiger partial charge on any atom is 0.306 e. The summed E-state index contributed by atoms with van der Waals surface area (Å²) in [6, 6.07) is 0. The fourth-order valence-electron chi connectivity index (χ4n) is 8.22. The average Bonchev–Trinajstić information content (AvgIpc) is 3.39. The van der Waals surface area contributed by atoms with Gasteiger partial charge in [0, 0.05) is 19.3 Å². The van der Waals surface area contributed by atoms with E-state index in [-0.39, 0.29) is 31.1 Å². The van der Waals surface area contributed by atoms with Gasteiger partial charge in [0.1, 0.15) is 13.2 Å². The minimum Gasteiger partial charge on any atom is -0.462 e. The van der Waals surface area contributed by atoms with Crippen molar-refractivity contribution in [1.82, 2.24) is 0 Å². The highest BCUT2D eigenvalue weighted by atomic mass is 16.6. The first-order chi connectivity index (χ1) is 36.0. The van der Waals surface area contributed by atoms with Crippen molar-refractivity contribution in [3.63, 3.8) is 0 Å². The fourth-order valence-corrected chi connectivity index (χ4v) is 8.22. The van der Waals surface area contributed by atoms with Crippen LogP contribution in [0.3, 0.4) is 0 Å². The Hall–Kier alpha value is -3.93. The number of carbonyl (C=O) groups is 3. The molecule has 0 amide bonds. The minimum absolute atomic E-state index is 0.0902. The maximum atomic E-state index is 12.9. The summed E-state index contributed by atoms with van der Waals surface area (Å²) >= 11 is 0. The van der Waals surface area contributed by atoms with Crippen molar-refractivity contribution in [3.05, 3.63) is 109 Å². The van der Waals surface area contributed by atoms with E-state index in [4.69, 9.17) is 14.2 Å². The van der Waals surface area contributed by atoms with Gasteiger partial charge < -0.3 is 14.2 Å². The number of allylic oxidation sites excluding steroid dienone is 18. The van der Waals surface area contributed by atoms with Gasteiger partial charge in [-0.2, -0.15) is 0 Å². The third-order valence-corrected chi connectivity index (χ3v) is 12.8. The van der Waals surface area contributed by atoms with E-state index in [1.165, 1.54) is 122 Å². The molecule has 0 bridgehead atoms. The Morgan fingerprint density at radius 2 is 0.534 bits per heavy atom. The van der Waals surface area contributed by atoms with Gasteiger partial charge in [0.15, 0.2) is 6.10 Å². The highest BCUT2D eigenvalue weighted by Crippen LogP contribution is 2.15. The first-order valence-electron chi connectivity index (χ1n) is 30.4. The van der Waals surface area contributed by atoms with Crippen LogP contribution < -0.4 is 0 Å². The molecule has 0 saturated carbocycles. The molecule has 1 unspecified atom stereocenters. The van der Waals surface area contributed by atoms with Crippen LogP contribution >= 0.6 is 0 Å². The lowest BCUT2D eigenvalue weighted by atomic mass is 10.1. The predicted molar refractivity (Wildman–Crippen MR) is 316 cm³/mol. The van der Waals surface area contributed by atoms with Gasteiger partial charge in [-0.25, -0.2) is 0 Å². The summed E-state index contributed by atoms with van der Waals surface area (Å²) in [5, 5.41) is 0. The lowest BCUT2D eigenvalue weighted by Gasteiger charge is -2.18. The van der Waals surface area contributed by atoms with Gasteiger partial charge in [-0.15, -0.1) is 0 Å². The molecule has 0 aromatic rings. The Balaban J connectivity index is 4.34. The van der Waals surface area contributed by atoms with Crippen molar-refractivity contribution in [1.29, 1.82) is 0 Å². The molecular formula is C67H112O6. The van der Waals surface area contributed by atoms with Crippen molar-refractivity contribution in [3.8, 4) is 0 Å². The molecule has 0 aliphatic carbocycles. The molecular weight excluding hydrogens is 901 g/mol. The van der Waals surface area contributed by atoms with Crippen molar-refractivity contribution >= 4 is 17.9 Å². The lowest BCUT2D eigenvalue weighted by molar-refractivity contribution is -0.167. The highest BCUT2D eigenvalue weighted by Gasteiger charge is 2.19. The number of hydrogen-bond acceptors (Lipinski definition) is 6. The summed E-state index contributed by atoms with van der Waals surface area (Å²) in [5.41, 5.74) is 0. The van der Waals surface area contributed by atoms with E-state index < -0.39 is 6.10 Å². The third kappa shape index (κ3) is 58.8. The average molecular weight is 1010 g/mol. The monoisotopic (exact) mass is 1010 g/mol. The van der Waals surface area contributed by atoms with Crippen LogP contribution in [0.5, 0.6) is 0 Å². The quantitative estimate of drug-likeness (QED) is 0.0261. The van der Waals surface area contributed by atoms with Crippen molar-refractivity contribution < 1.29 is 28.6 Å². The molecule has 73 heavy (non-hydrogen) atoms. The van der Waals surface area contributed by atoms with Gasteiger partial charge in [0.2, 0.25) is 0 Å². The number of esters is 3. The second kappa shape index (κ2) is 60.6. The molecule has 0 aromatic carbocycles. The molecule has 0 fully saturated rings. The first-order valence-corrected chi connectivity index (χ1v) is 30.4. The van der Waals surface area contributed by atoms with Gasteiger partial charge in [0.25, 0.3) is 0 Å². The summed E-state index contributed by atoms with van der Waals surface area (Å²) in [6.07, 6.45) is 82.3. The van der Waals surface area contributed by atoms with Crippen LogP contribution in [0.1, 0.15) is 278 Å². The molecule has 0 aliphatic heterocycles. The Kier molecular flexibility index (Phi) is 57.4. The van der Waals surface area contributed by atoms with E-state index >= 15 is 0 Å². The number of hydrogen-bond donors (Lipinski definition) is 0. The van der Waals surface area contributed by atoms with Gasteiger partial charge in [0.05, 0.1) is 0 Å². The molecule has 0 aliphatic rings. The smallest absolute Gasteiger partial charge is 0.306 e. The summed E-state index contributed by atoms with van der Waals surface area (Å²) in [5.74, 6) is -0.928. The van der Waals surface area contributed by atoms with E-state index in [1.807, 2.05) is 0 Å². The van der Waals surface area contributed by atoms with Crippen LogP contribution in [0.25, 0.3) is 0 Å². The van der Waals surface area contributed by atoms with Crippen LogP contribution in [0, 0.1) is 0 Å². The zero-order valence-corrected chi connectivity index (χ0v) is 47.6. The molecule has 0 N–H and O–H groups in total. The Morgan fingerprint density at radius 3 is 0.849 bits per heavy atom. The van der Waals surface area contributed by atoms with E-state index in [2.05, 4.69) is 130 Å². The molecule has 0 saturated heterocycles. The standard InChI is InChI=1S/C67H112O6/c1-4-7-10-13-16-19-21-23-25-27-29-31-32-33-34-36-37-39-41-43-45-48-51-54-57-60-66(69)72-63-64(62-71-65(68)59-56-53-50-47-18-15-12-9-6-3)73-67(70)61-58-55-52-49-46-44-42-40-38-35-30-28-26-24-22-20-17-14-11-8-5-2/h7,10,16,19,22-25,28-31,33-34,37,39,43,45,64H,4-6,8-9,11-15,17-18,20-21,26-27,32,35-36,38,40-42,44,46-63H2,1-3H3/b10-7-,19-16-,24-22-,25-23-,30-28-,31-29-,34-33-,39-37-,45-43-. The number of rotatable bonds is 54. The van der Waals surface area contributed by atoms with Gasteiger partial charge in [-0.05, 0) is 109 Å². The fraction of sp³-hybridized carbons (Fsp3) is 0.687. The molecule has 6 nitrogen and oxygen atoms in total. The zero-order chi connectivity index (χ0) is 52.9. The molecule has 0 heterocycles. The summed E-state index contributed by atoms with van der Waals surface area (Å²) in [4.78, 5) is 38.1. The van der Waals surface area contributed by atoms with Crippen LogP contribution in [0.4, 0.5) is 0 Å². The number of unbranched alkanes of at least 4 members (excludes halogenated alkanes) is 25. The molecule has 416 valence electrons. The van der Waals surface area contributed by atoms with Crippen molar-refractivity contribution in [2.45, 2.75) is 284 Å². The molecule has 1 atom stereocenters. The number of ether oxygens (including phenoxy) is 3.